The van der Waals surface area contributed by atoms with Gasteiger partial charge >= 0.3 is 23.9 Å². The molecule has 1 fully saturated rings. The van der Waals surface area contributed by atoms with Crippen molar-refractivity contribution in [2.24, 2.45) is 11.8 Å². The molecule has 2 aromatic rings. The Bertz CT molecular complexity index is 1370. The molecular formula is C32H40N2O13. The molecule has 1 amide bonds. The maximum Gasteiger partial charge on any atom is 0.334 e. The zero-order chi connectivity index (χ0) is 34.3. The van der Waals surface area contributed by atoms with Crippen LogP contribution in [0.25, 0.3) is 0 Å². The number of benzene rings is 1. The molecule has 0 aliphatic carbocycles. The summed E-state index contributed by atoms with van der Waals surface area (Å²) in [5.41, 5.74) is 0.443. The lowest BCUT2D eigenvalue weighted by molar-refractivity contribution is -0.176. The van der Waals surface area contributed by atoms with E-state index in [9.17, 15) is 24.0 Å². The monoisotopic (exact) mass is 660 g/mol. The molecule has 1 aromatic heterocycles. The van der Waals surface area contributed by atoms with Crippen LogP contribution in [-0.2, 0) is 54.0 Å². The van der Waals surface area contributed by atoms with Gasteiger partial charge in [-0.25, -0.2) is 14.6 Å². The highest BCUT2D eigenvalue weighted by atomic mass is 16.7. The van der Waals surface area contributed by atoms with Crippen LogP contribution in [0.1, 0.15) is 36.8 Å². The van der Waals surface area contributed by atoms with Crippen molar-refractivity contribution in [3.63, 3.8) is 0 Å². The molecule has 0 radical (unpaired) electrons. The number of amides is 1. The SMILES string of the molecule is COCCOCC(=O)OCOc1c(OC)ccnc1C(=O)N[C@H]1COC(=O)[C@H](Cc2ccccc2)[C@@H](OC(=O)C(C)C)[C@H](C)OC1=O. The van der Waals surface area contributed by atoms with Crippen molar-refractivity contribution >= 4 is 29.8 Å². The van der Waals surface area contributed by atoms with E-state index in [1.165, 1.54) is 33.4 Å². The van der Waals surface area contributed by atoms with Gasteiger partial charge in [-0.2, -0.15) is 0 Å². The lowest BCUT2D eigenvalue weighted by Gasteiger charge is -2.29. The predicted molar refractivity (Wildman–Crippen MR) is 161 cm³/mol. The Kier molecular flexibility index (Phi) is 14.4. The van der Waals surface area contributed by atoms with Gasteiger partial charge in [0, 0.05) is 19.4 Å². The molecule has 1 aliphatic heterocycles. The van der Waals surface area contributed by atoms with Gasteiger partial charge in [-0.05, 0) is 18.9 Å². The summed E-state index contributed by atoms with van der Waals surface area (Å²) in [6.45, 7) is 3.68. The quantitative estimate of drug-likeness (QED) is 0.126. The number of carbonyl (C=O) groups excluding carboxylic acids is 5. The van der Waals surface area contributed by atoms with Crippen molar-refractivity contribution in [2.75, 3.05) is 47.4 Å². The van der Waals surface area contributed by atoms with E-state index in [0.717, 1.165) is 5.56 Å². The average Bonchev–Trinajstić information content (AvgIpc) is 3.09. The molecule has 1 aromatic carbocycles. The Morgan fingerprint density at radius 3 is 2.47 bits per heavy atom. The number of nitrogens with one attached hydrogen (secondary N) is 1. The highest BCUT2D eigenvalue weighted by Crippen LogP contribution is 2.30. The Hall–Kier alpha value is -4.76. The molecule has 1 N–H and O–H groups in total. The summed E-state index contributed by atoms with van der Waals surface area (Å²) in [6, 6.07) is 8.96. The number of rotatable bonds is 15. The van der Waals surface area contributed by atoms with Crippen molar-refractivity contribution in [2.45, 2.75) is 45.4 Å². The molecule has 1 saturated heterocycles. The number of pyridine rings is 1. The van der Waals surface area contributed by atoms with E-state index in [1.807, 2.05) is 6.07 Å². The Labute approximate surface area is 272 Å². The van der Waals surface area contributed by atoms with Crippen molar-refractivity contribution in [1.29, 1.82) is 0 Å². The fourth-order valence-corrected chi connectivity index (χ4v) is 4.36. The lowest BCUT2D eigenvalue weighted by atomic mass is 9.91. The molecule has 15 nitrogen and oxygen atoms in total. The maximum atomic E-state index is 13.5. The molecule has 2 heterocycles. The number of methoxy groups -OCH3 is 2. The van der Waals surface area contributed by atoms with Crippen LogP contribution in [0, 0.1) is 11.8 Å². The summed E-state index contributed by atoms with van der Waals surface area (Å²) in [5, 5.41) is 2.45. The van der Waals surface area contributed by atoms with E-state index >= 15 is 0 Å². The lowest BCUT2D eigenvalue weighted by Crippen LogP contribution is -2.47. The van der Waals surface area contributed by atoms with Crippen LogP contribution in [0.4, 0.5) is 0 Å². The van der Waals surface area contributed by atoms with Crippen LogP contribution in [0.15, 0.2) is 42.6 Å². The third-order valence-corrected chi connectivity index (χ3v) is 6.85. The number of esters is 4. The minimum absolute atomic E-state index is 0.0770. The molecule has 0 bridgehead atoms. The Balaban J connectivity index is 1.78. The van der Waals surface area contributed by atoms with Crippen LogP contribution < -0.4 is 14.8 Å². The van der Waals surface area contributed by atoms with Crippen LogP contribution >= 0.6 is 0 Å². The van der Waals surface area contributed by atoms with E-state index < -0.39 is 73.3 Å². The van der Waals surface area contributed by atoms with E-state index in [4.69, 9.17) is 37.9 Å². The molecular weight excluding hydrogens is 620 g/mol. The molecule has 0 spiro atoms. The van der Waals surface area contributed by atoms with Gasteiger partial charge in [0.2, 0.25) is 6.79 Å². The van der Waals surface area contributed by atoms with Crippen LogP contribution in [0.5, 0.6) is 11.5 Å². The second-order valence-electron chi connectivity index (χ2n) is 10.7. The zero-order valence-electron chi connectivity index (χ0n) is 26.9. The first kappa shape index (κ1) is 36.7. The van der Waals surface area contributed by atoms with E-state index in [-0.39, 0.29) is 36.8 Å². The zero-order valence-corrected chi connectivity index (χ0v) is 26.9. The van der Waals surface area contributed by atoms with Crippen molar-refractivity contribution < 1.29 is 61.9 Å². The van der Waals surface area contributed by atoms with E-state index in [0.29, 0.717) is 6.61 Å². The van der Waals surface area contributed by atoms with Crippen molar-refractivity contribution in [3.8, 4) is 11.5 Å². The van der Waals surface area contributed by atoms with Gasteiger partial charge in [-0.3, -0.25) is 14.4 Å². The number of aromatic nitrogens is 1. The number of cyclic esters (lactones) is 2. The van der Waals surface area contributed by atoms with E-state index in [1.54, 1.807) is 38.1 Å². The van der Waals surface area contributed by atoms with Gasteiger partial charge in [0.25, 0.3) is 5.91 Å². The molecule has 3 rings (SSSR count). The molecule has 47 heavy (non-hydrogen) atoms. The first-order chi connectivity index (χ1) is 22.5. The molecule has 256 valence electrons. The second-order valence-corrected chi connectivity index (χ2v) is 10.7. The number of nitrogens with zero attached hydrogens (tertiary/aromatic N) is 1. The third kappa shape index (κ3) is 10.9. The Morgan fingerprint density at radius 1 is 1.04 bits per heavy atom. The molecule has 1 aliphatic rings. The van der Waals surface area contributed by atoms with Crippen LogP contribution in [0.3, 0.4) is 0 Å². The number of carbonyl (C=O) groups is 5. The average molecular weight is 661 g/mol. The van der Waals surface area contributed by atoms with Gasteiger partial charge in [0.05, 0.1) is 26.2 Å². The van der Waals surface area contributed by atoms with Gasteiger partial charge in [-0.1, -0.05) is 44.2 Å². The van der Waals surface area contributed by atoms with Crippen molar-refractivity contribution in [1.82, 2.24) is 10.3 Å². The fourth-order valence-electron chi connectivity index (χ4n) is 4.36. The largest absolute Gasteiger partial charge is 0.493 e. The molecule has 4 atom stereocenters. The normalized spacial score (nSPS) is 19.7. The summed E-state index contributed by atoms with van der Waals surface area (Å²) < 4.78 is 42.5. The summed E-state index contributed by atoms with van der Waals surface area (Å²) in [6.07, 6.45) is -0.871. The minimum Gasteiger partial charge on any atom is -0.493 e. The summed E-state index contributed by atoms with van der Waals surface area (Å²) in [7, 11) is 2.81. The summed E-state index contributed by atoms with van der Waals surface area (Å²) in [5.74, 6) is -5.59. The first-order valence-corrected chi connectivity index (χ1v) is 14.9. The predicted octanol–water partition coefficient (Wildman–Crippen LogP) is 1.65. The summed E-state index contributed by atoms with van der Waals surface area (Å²) in [4.78, 5) is 68.8. The number of hydrogen-bond acceptors (Lipinski definition) is 14. The number of hydrogen-bond donors (Lipinski definition) is 1. The fraction of sp³-hybridized carbons (Fsp3) is 0.500. The highest BCUT2D eigenvalue weighted by Gasteiger charge is 2.42. The Morgan fingerprint density at radius 2 is 1.79 bits per heavy atom. The molecule has 0 saturated carbocycles. The molecule has 0 unspecified atom stereocenters. The smallest absolute Gasteiger partial charge is 0.334 e. The van der Waals surface area contributed by atoms with Crippen LogP contribution in [-0.4, -0.2) is 100 Å². The first-order valence-electron chi connectivity index (χ1n) is 14.9. The third-order valence-electron chi connectivity index (χ3n) is 6.85. The maximum absolute atomic E-state index is 13.5. The van der Waals surface area contributed by atoms with Crippen molar-refractivity contribution in [3.05, 3.63) is 53.9 Å². The topological polar surface area (TPSA) is 184 Å². The van der Waals surface area contributed by atoms with Gasteiger partial charge < -0.3 is 43.2 Å². The van der Waals surface area contributed by atoms with Gasteiger partial charge in [-0.15, -0.1) is 0 Å². The highest BCUT2D eigenvalue weighted by molar-refractivity contribution is 5.98. The number of ether oxygens (including phenoxy) is 8. The van der Waals surface area contributed by atoms with Gasteiger partial charge in [0.1, 0.15) is 25.2 Å². The second kappa shape index (κ2) is 18.4. The molecule has 15 heteroatoms. The van der Waals surface area contributed by atoms with Gasteiger partial charge in [0.15, 0.2) is 29.3 Å². The van der Waals surface area contributed by atoms with Crippen LogP contribution in [0.2, 0.25) is 0 Å². The minimum atomic E-state index is -1.48. The van der Waals surface area contributed by atoms with E-state index in [2.05, 4.69) is 10.3 Å². The summed E-state index contributed by atoms with van der Waals surface area (Å²) >= 11 is 0. The standard InChI is InChI=1S/C32H40N2O13/c1-19(2)30(37)47-27-20(3)46-32(39)23(16-43-31(38)22(27)15-21-9-7-6-8-10-21)34-29(36)26-28(24(41-5)11-12-33-26)45-18-44-25(35)17-42-14-13-40-4/h6-12,19-20,22-23,27H,13-18H2,1-5H3,(H,34,36)/t20-,22+,23-,27-/m0/s1.